The summed E-state index contributed by atoms with van der Waals surface area (Å²) in [5.41, 5.74) is -2.25. The van der Waals surface area contributed by atoms with Crippen molar-refractivity contribution in [1.82, 2.24) is 19.9 Å². The van der Waals surface area contributed by atoms with Crippen LogP contribution in [0, 0.1) is 6.92 Å². The number of hydrogen-bond donors (Lipinski definition) is 1. The van der Waals surface area contributed by atoms with Gasteiger partial charge in [-0.1, -0.05) is 17.3 Å². The van der Waals surface area contributed by atoms with Gasteiger partial charge in [0.25, 0.3) is 5.91 Å². The molecule has 4 aromatic rings. The molecule has 0 saturated carbocycles. The van der Waals surface area contributed by atoms with Gasteiger partial charge in [-0.25, -0.2) is 0 Å². The molecule has 36 heavy (non-hydrogen) atoms. The minimum absolute atomic E-state index is 0.0291. The van der Waals surface area contributed by atoms with E-state index < -0.39 is 41.0 Å². The highest BCUT2D eigenvalue weighted by molar-refractivity contribution is 6.04. The number of aromatic nitrogens is 4. The third-order valence-electron chi connectivity index (χ3n) is 5.43. The van der Waals surface area contributed by atoms with Crippen LogP contribution in [0.15, 0.2) is 59.5 Å². The number of nitrogens with zero attached hydrogens (tertiary/aromatic N) is 4. The summed E-state index contributed by atoms with van der Waals surface area (Å²) in [5, 5.41) is 10.3. The number of benzene rings is 1. The molecule has 0 aliphatic heterocycles. The van der Waals surface area contributed by atoms with E-state index in [1.807, 2.05) is 0 Å². The van der Waals surface area contributed by atoms with Crippen LogP contribution in [0.25, 0.3) is 11.5 Å². The highest BCUT2D eigenvalue weighted by Gasteiger charge is 2.39. The van der Waals surface area contributed by atoms with Crippen LogP contribution in [0.3, 0.4) is 0 Å². The predicted molar refractivity (Wildman–Crippen MR) is 115 cm³/mol. The van der Waals surface area contributed by atoms with Crippen LogP contribution in [0.1, 0.15) is 45.7 Å². The zero-order chi connectivity index (χ0) is 26.3. The fraction of sp³-hybridized carbons (Fsp3) is 0.217. The van der Waals surface area contributed by atoms with E-state index in [2.05, 4.69) is 20.6 Å². The quantitative estimate of drug-likeness (QED) is 0.327. The van der Waals surface area contributed by atoms with Gasteiger partial charge in [-0.05, 0) is 43.7 Å². The van der Waals surface area contributed by atoms with E-state index in [4.69, 9.17) is 4.52 Å². The van der Waals surface area contributed by atoms with Crippen molar-refractivity contribution in [3.63, 3.8) is 0 Å². The van der Waals surface area contributed by atoms with Crippen molar-refractivity contribution in [2.75, 3.05) is 5.32 Å². The standard InChI is InChI=1S/C23H17F6N5O2/c1-12-19(33-36-20(12)18-5-3-4-8-30-18)21(35)32-15-10-31-34(11-15)13(2)16-7-6-14(22(24,25)26)9-17(16)23(27,28)29/h3-11,13H,1-2H3,(H,32,35)/t13-/m0/s1. The molecule has 3 aromatic heterocycles. The Morgan fingerprint density at radius 2 is 1.83 bits per heavy atom. The average Bonchev–Trinajstić information content (AvgIpc) is 3.44. The van der Waals surface area contributed by atoms with Crippen molar-refractivity contribution in [2.24, 2.45) is 0 Å². The van der Waals surface area contributed by atoms with E-state index in [0.29, 0.717) is 23.1 Å². The zero-order valence-electron chi connectivity index (χ0n) is 18.6. The van der Waals surface area contributed by atoms with E-state index in [9.17, 15) is 31.1 Å². The molecule has 3 heterocycles. The van der Waals surface area contributed by atoms with Gasteiger partial charge in [0.05, 0.1) is 29.1 Å². The summed E-state index contributed by atoms with van der Waals surface area (Å²) in [7, 11) is 0. The number of hydrogen-bond acceptors (Lipinski definition) is 5. The fourth-order valence-corrected chi connectivity index (χ4v) is 3.57. The molecule has 0 aliphatic rings. The Bertz CT molecular complexity index is 1390. The second kappa shape index (κ2) is 9.13. The maximum Gasteiger partial charge on any atom is 0.416 e. The molecule has 0 bridgehead atoms. The number of halogens is 6. The summed E-state index contributed by atoms with van der Waals surface area (Å²) < 4.78 is 85.9. The van der Waals surface area contributed by atoms with Gasteiger partial charge in [0.2, 0.25) is 0 Å². The largest absolute Gasteiger partial charge is 0.416 e. The van der Waals surface area contributed by atoms with Crippen LogP contribution in [-0.4, -0.2) is 25.8 Å². The van der Waals surface area contributed by atoms with Crippen LogP contribution in [0.2, 0.25) is 0 Å². The molecule has 0 saturated heterocycles. The van der Waals surface area contributed by atoms with Gasteiger partial charge in [-0.3, -0.25) is 14.5 Å². The minimum Gasteiger partial charge on any atom is -0.354 e. The Kier molecular flexibility index (Phi) is 6.33. The smallest absolute Gasteiger partial charge is 0.354 e. The van der Waals surface area contributed by atoms with Crippen LogP contribution in [-0.2, 0) is 12.4 Å². The Morgan fingerprint density at radius 3 is 2.47 bits per heavy atom. The van der Waals surface area contributed by atoms with E-state index in [0.717, 1.165) is 10.7 Å². The maximum atomic E-state index is 13.5. The Labute approximate surface area is 199 Å². The number of amides is 1. The van der Waals surface area contributed by atoms with Crippen molar-refractivity contribution in [3.05, 3.63) is 82.9 Å². The monoisotopic (exact) mass is 509 g/mol. The summed E-state index contributed by atoms with van der Waals surface area (Å²) in [6, 6.07) is 5.46. The zero-order valence-corrected chi connectivity index (χ0v) is 18.6. The number of nitrogens with one attached hydrogen (secondary N) is 1. The van der Waals surface area contributed by atoms with Crippen molar-refractivity contribution < 1.29 is 35.7 Å². The molecular weight excluding hydrogens is 492 g/mol. The topological polar surface area (TPSA) is 85.8 Å². The fourth-order valence-electron chi connectivity index (χ4n) is 3.57. The molecule has 7 nitrogen and oxygen atoms in total. The van der Waals surface area contributed by atoms with Gasteiger partial charge < -0.3 is 9.84 Å². The number of anilines is 1. The molecule has 4 rings (SSSR count). The number of pyridine rings is 1. The summed E-state index contributed by atoms with van der Waals surface area (Å²) in [6.07, 6.45) is -5.95. The predicted octanol–water partition coefficient (Wildman–Crippen LogP) is 6.14. The lowest BCUT2D eigenvalue weighted by Crippen LogP contribution is -2.18. The number of rotatable bonds is 5. The molecule has 0 spiro atoms. The Balaban J connectivity index is 1.57. The van der Waals surface area contributed by atoms with Crippen LogP contribution >= 0.6 is 0 Å². The van der Waals surface area contributed by atoms with Crippen molar-refractivity contribution >= 4 is 11.6 Å². The first-order valence-corrected chi connectivity index (χ1v) is 10.4. The van der Waals surface area contributed by atoms with Gasteiger partial charge in [0.15, 0.2) is 11.5 Å². The lowest BCUT2D eigenvalue weighted by atomic mass is 9.98. The van der Waals surface area contributed by atoms with Crippen molar-refractivity contribution in [2.45, 2.75) is 32.2 Å². The molecular formula is C23H17F6N5O2. The van der Waals surface area contributed by atoms with Gasteiger partial charge in [-0.15, -0.1) is 0 Å². The molecule has 1 N–H and O–H groups in total. The molecule has 188 valence electrons. The average molecular weight is 509 g/mol. The molecule has 0 fully saturated rings. The van der Waals surface area contributed by atoms with Gasteiger partial charge in [0, 0.05) is 18.0 Å². The SMILES string of the molecule is Cc1c(C(=O)Nc2cnn([C@@H](C)c3ccc(C(F)(F)F)cc3C(F)(F)F)c2)noc1-c1ccccn1. The van der Waals surface area contributed by atoms with Crippen molar-refractivity contribution in [1.29, 1.82) is 0 Å². The summed E-state index contributed by atoms with van der Waals surface area (Å²) in [5.74, 6) is -0.358. The van der Waals surface area contributed by atoms with E-state index in [1.54, 1.807) is 31.3 Å². The van der Waals surface area contributed by atoms with E-state index in [1.165, 1.54) is 19.3 Å². The number of carbonyl (C=O) groups is 1. The third-order valence-corrected chi connectivity index (χ3v) is 5.43. The minimum atomic E-state index is -5.02. The molecule has 0 unspecified atom stereocenters. The van der Waals surface area contributed by atoms with Crippen LogP contribution in [0.4, 0.5) is 32.0 Å². The first-order chi connectivity index (χ1) is 16.9. The second-order valence-electron chi connectivity index (χ2n) is 7.84. The third kappa shape index (κ3) is 4.95. The molecule has 13 heteroatoms. The summed E-state index contributed by atoms with van der Waals surface area (Å²) in [4.78, 5) is 16.8. The lowest BCUT2D eigenvalue weighted by molar-refractivity contribution is -0.143. The normalized spacial score (nSPS) is 13.0. The number of carbonyl (C=O) groups excluding carboxylic acids is 1. The van der Waals surface area contributed by atoms with Crippen molar-refractivity contribution in [3.8, 4) is 11.5 Å². The summed E-state index contributed by atoms with van der Waals surface area (Å²) in [6.45, 7) is 2.96. The van der Waals surface area contributed by atoms with Gasteiger partial charge >= 0.3 is 12.4 Å². The lowest BCUT2D eigenvalue weighted by Gasteiger charge is -2.20. The number of alkyl halides is 6. The molecule has 1 atom stereocenters. The molecule has 0 aliphatic carbocycles. The van der Waals surface area contributed by atoms with Gasteiger partial charge in [-0.2, -0.15) is 31.4 Å². The van der Waals surface area contributed by atoms with E-state index >= 15 is 0 Å². The molecule has 0 radical (unpaired) electrons. The highest BCUT2D eigenvalue weighted by atomic mass is 19.4. The molecule has 1 amide bonds. The Hall–Kier alpha value is -4.16. The van der Waals surface area contributed by atoms with Crippen LogP contribution in [0.5, 0.6) is 0 Å². The van der Waals surface area contributed by atoms with E-state index in [-0.39, 0.29) is 17.4 Å². The Morgan fingerprint density at radius 1 is 1.08 bits per heavy atom. The maximum absolute atomic E-state index is 13.5. The highest BCUT2D eigenvalue weighted by Crippen LogP contribution is 2.40. The first kappa shape index (κ1) is 24.9. The first-order valence-electron chi connectivity index (χ1n) is 10.4. The van der Waals surface area contributed by atoms with Gasteiger partial charge in [0.1, 0.15) is 5.69 Å². The van der Waals surface area contributed by atoms with Crippen LogP contribution < -0.4 is 5.32 Å². The second-order valence-corrected chi connectivity index (χ2v) is 7.84. The summed E-state index contributed by atoms with van der Waals surface area (Å²) >= 11 is 0. The molecule has 1 aromatic carbocycles.